The van der Waals surface area contributed by atoms with Gasteiger partial charge in [0.1, 0.15) is 5.75 Å². The lowest BCUT2D eigenvalue weighted by Crippen LogP contribution is -2.37. The van der Waals surface area contributed by atoms with Crippen LogP contribution >= 0.6 is 15.9 Å². The summed E-state index contributed by atoms with van der Waals surface area (Å²) in [6.45, 7) is 6.87. The molecule has 4 heteroatoms. The Bertz CT molecular complexity index is 390. The summed E-state index contributed by atoms with van der Waals surface area (Å²) in [5, 5.41) is 3.81. The molecule has 0 aliphatic heterocycles. The number of benzene rings is 1. The molecule has 106 valence electrons. The molecule has 0 heterocycles. The van der Waals surface area contributed by atoms with Gasteiger partial charge in [0.2, 0.25) is 0 Å². The van der Waals surface area contributed by atoms with Gasteiger partial charge in [0.25, 0.3) is 5.91 Å². The fraction of sp³-hybridized carbons (Fsp3) is 0.533. The Labute approximate surface area is 123 Å². The highest BCUT2D eigenvalue weighted by Gasteiger charge is 2.14. The fourth-order valence-corrected chi connectivity index (χ4v) is 2.29. The maximum Gasteiger partial charge on any atom is 0.251 e. The number of amides is 1. The minimum absolute atomic E-state index is 0.0341. The van der Waals surface area contributed by atoms with E-state index in [2.05, 4.69) is 35.1 Å². The van der Waals surface area contributed by atoms with Crippen LogP contribution in [0, 0.1) is 5.92 Å². The number of alkyl halides is 1. The molecule has 19 heavy (non-hydrogen) atoms. The first kappa shape index (κ1) is 16.0. The second-order valence-electron chi connectivity index (χ2n) is 4.91. The van der Waals surface area contributed by atoms with E-state index in [1.54, 1.807) is 12.1 Å². The minimum Gasteiger partial charge on any atom is -0.494 e. The van der Waals surface area contributed by atoms with Crippen molar-refractivity contribution in [3.05, 3.63) is 29.8 Å². The summed E-state index contributed by atoms with van der Waals surface area (Å²) in [6, 6.07) is 7.40. The highest BCUT2D eigenvalue weighted by Crippen LogP contribution is 2.13. The van der Waals surface area contributed by atoms with Crippen LogP contribution in [0.5, 0.6) is 5.75 Å². The van der Waals surface area contributed by atoms with Crippen molar-refractivity contribution in [2.24, 2.45) is 5.92 Å². The molecule has 0 fully saturated rings. The van der Waals surface area contributed by atoms with Crippen LogP contribution < -0.4 is 10.1 Å². The van der Waals surface area contributed by atoms with Gasteiger partial charge in [-0.2, -0.15) is 0 Å². The van der Waals surface area contributed by atoms with Crippen LogP contribution in [0.25, 0.3) is 0 Å². The lowest BCUT2D eigenvalue weighted by atomic mass is 10.0. The van der Waals surface area contributed by atoms with E-state index < -0.39 is 0 Å². The molecular formula is C15H22BrNO2. The van der Waals surface area contributed by atoms with Crippen molar-refractivity contribution in [3.8, 4) is 5.75 Å². The largest absolute Gasteiger partial charge is 0.494 e. The van der Waals surface area contributed by atoms with Crippen LogP contribution in [-0.4, -0.2) is 23.9 Å². The third-order valence-corrected chi connectivity index (χ3v) is 3.49. The predicted molar refractivity (Wildman–Crippen MR) is 82.1 cm³/mol. The van der Waals surface area contributed by atoms with E-state index in [4.69, 9.17) is 4.74 Å². The number of carbonyl (C=O) groups is 1. The van der Waals surface area contributed by atoms with Crippen molar-refractivity contribution >= 4 is 21.8 Å². The van der Waals surface area contributed by atoms with Gasteiger partial charge in [-0.1, -0.05) is 29.8 Å². The fourth-order valence-electron chi connectivity index (χ4n) is 1.87. The van der Waals surface area contributed by atoms with Gasteiger partial charge in [-0.3, -0.25) is 4.79 Å². The van der Waals surface area contributed by atoms with Gasteiger partial charge in [0.15, 0.2) is 0 Å². The zero-order chi connectivity index (χ0) is 14.3. The van der Waals surface area contributed by atoms with Crippen molar-refractivity contribution in [2.45, 2.75) is 33.2 Å². The summed E-state index contributed by atoms with van der Waals surface area (Å²) in [5.74, 6) is 1.31. The summed E-state index contributed by atoms with van der Waals surface area (Å²) >= 11 is 3.44. The molecule has 1 rings (SSSR count). The van der Waals surface area contributed by atoms with Gasteiger partial charge in [0.05, 0.1) is 6.61 Å². The van der Waals surface area contributed by atoms with Crippen molar-refractivity contribution < 1.29 is 9.53 Å². The molecule has 1 aromatic rings. The Kier molecular flexibility index (Phi) is 6.92. The molecule has 3 nitrogen and oxygen atoms in total. The number of hydrogen-bond acceptors (Lipinski definition) is 2. The van der Waals surface area contributed by atoms with Crippen molar-refractivity contribution in [1.82, 2.24) is 5.32 Å². The summed E-state index contributed by atoms with van der Waals surface area (Å²) in [5.41, 5.74) is 0.665. The van der Waals surface area contributed by atoms with Crippen LogP contribution in [0.1, 0.15) is 37.6 Å². The van der Waals surface area contributed by atoms with Gasteiger partial charge < -0.3 is 10.1 Å². The van der Waals surface area contributed by atoms with Crippen molar-refractivity contribution in [1.29, 1.82) is 0 Å². The number of rotatable bonds is 7. The maximum absolute atomic E-state index is 12.1. The molecule has 0 spiro atoms. The Hall–Kier alpha value is -1.03. The molecular weight excluding hydrogens is 306 g/mol. The number of ether oxygens (including phenoxy) is 1. The first-order valence-corrected chi connectivity index (χ1v) is 7.78. The van der Waals surface area contributed by atoms with Crippen molar-refractivity contribution in [3.63, 3.8) is 0 Å². The van der Waals surface area contributed by atoms with Crippen LogP contribution in [0.4, 0.5) is 0 Å². The van der Waals surface area contributed by atoms with Gasteiger partial charge in [0, 0.05) is 16.9 Å². The van der Waals surface area contributed by atoms with Gasteiger partial charge in [-0.25, -0.2) is 0 Å². The molecule has 0 aliphatic carbocycles. The number of nitrogens with one attached hydrogen (secondary N) is 1. The molecule has 0 bridgehead atoms. The first-order chi connectivity index (χ1) is 9.06. The Morgan fingerprint density at radius 2 is 1.95 bits per heavy atom. The molecule has 1 amide bonds. The highest BCUT2D eigenvalue weighted by atomic mass is 79.9. The standard InChI is InChI=1S/C15H22BrNO2/c1-4-19-14-7-5-12(6-8-14)15(18)17-13(10-16)9-11(2)3/h5-8,11,13H,4,9-10H2,1-3H3,(H,17,18). The minimum atomic E-state index is -0.0341. The zero-order valence-electron chi connectivity index (χ0n) is 11.8. The average molecular weight is 328 g/mol. The summed E-state index contributed by atoms with van der Waals surface area (Å²) in [7, 11) is 0. The van der Waals surface area contributed by atoms with E-state index in [1.165, 1.54) is 0 Å². The number of carbonyl (C=O) groups excluding carboxylic acids is 1. The third kappa shape index (κ3) is 5.64. The Balaban J connectivity index is 2.61. The Morgan fingerprint density at radius 1 is 1.32 bits per heavy atom. The molecule has 1 unspecified atom stereocenters. The highest BCUT2D eigenvalue weighted by molar-refractivity contribution is 9.09. The molecule has 1 N–H and O–H groups in total. The van der Waals surface area contributed by atoms with E-state index in [0.717, 1.165) is 17.5 Å². The maximum atomic E-state index is 12.1. The second-order valence-corrected chi connectivity index (χ2v) is 5.56. The molecule has 1 atom stereocenters. The lowest BCUT2D eigenvalue weighted by molar-refractivity contribution is 0.0937. The van der Waals surface area contributed by atoms with Gasteiger partial charge in [-0.15, -0.1) is 0 Å². The van der Waals surface area contributed by atoms with Crippen molar-refractivity contribution in [2.75, 3.05) is 11.9 Å². The quantitative estimate of drug-likeness (QED) is 0.776. The molecule has 0 aliphatic rings. The van der Waals surface area contributed by atoms with Crippen LogP contribution in [0.15, 0.2) is 24.3 Å². The van der Waals surface area contributed by atoms with Crippen LogP contribution in [0.3, 0.4) is 0 Å². The molecule has 0 saturated carbocycles. The number of hydrogen-bond donors (Lipinski definition) is 1. The van der Waals surface area contributed by atoms with E-state index >= 15 is 0 Å². The summed E-state index contributed by atoms with van der Waals surface area (Å²) in [4.78, 5) is 12.1. The first-order valence-electron chi connectivity index (χ1n) is 6.66. The average Bonchev–Trinajstić information content (AvgIpc) is 2.38. The monoisotopic (exact) mass is 327 g/mol. The van der Waals surface area contributed by atoms with E-state index in [1.807, 2.05) is 19.1 Å². The van der Waals surface area contributed by atoms with Gasteiger partial charge >= 0.3 is 0 Å². The second kappa shape index (κ2) is 8.20. The van der Waals surface area contributed by atoms with Crippen LogP contribution in [0.2, 0.25) is 0 Å². The van der Waals surface area contributed by atoms with E-state index in [9.17, 15) is 4.79 Å². The SMILES string of the molecule is CCOc1ccc(C(=O)NC(CBr)CC(C)C)cc1. The third-order valence-electron chi connectivity index (χ3n) is 2.70. The van der Waals surface area contributed by atoms with E-state index in [-0.39, 0.29) is 11.9 Å². The number of halogens is 1. The smallest absolute Gasteiger partial charge is 0.251 e. The van der Waals surface area contributed by atoms with E-state index in [0.29, 0.717) is 18.1 Å². The normalized spacial score (nSPS) is 12.3. The zero-order valence-corrected chi connectivity index (χ0v) is 13.4. The summed E-state index contributed by atoms with van der Waals surface area (Å²) < 4.78 is 5.36. The molecule has 0 saturated heterocycles. The molecule has 0 aromatic heterocycles. The lowest BCUT2D eigenvalue weighted by Gasteiger charge is -2.18. The Morgan fingerprint density at radius 3 is 2.42 bits per heavy atom. The van der Waals surface area contributed by atoms with Gasteiger partial charge in [-0.05, 0) is 43.5 Å². The summed E-state index contributed by atoms with van der Waals surface area (Å²) in [6.07, 6.45) is 0.966. The molecule has 0 radical (unpaired) electrons. The predicted octanol–water partition coefficient (Wildman–Crippen LogP) is 3.62. The topological polar surface area (TPSA) is 38.3 Å². The van der Waals surface area contributed by atoms with Crippen LogP contribution in [-0.2, 0) is 0 Å². The molecule has 1 aromatic carbocycles.